The lowest BCUT2D eigenvalue weighted by molar-refractivity contribution is -0.136. The van der Waals surface area contributed by atoms with E-state index in [2.05, 4.69) is 9.97 Å². The lowest BCUT2D eigenvalue weighted by Gasteiger charge is -2.06. The van der Waals surface area contributed by atoms with Crippen LogP contribution in [0.5, 0.6) is 0 Å². The standard InChI is InChI=1S/C17H14N2O3S/c1-10-8-11(6-7-15(20)21)9-13(18-10)17-19-16(22)12-4-2-3-5-14(12)23-17/h2-5,8-9H,6-7H2,1H3,(H,20,21). The highest BCUT2D eigenvalue weighted by molar-refractivity contribution is 7.21. The predicted octanol–water partition coefficient (Wildman–Crippen LogP) is 3.04. The largest absolute Gasteiger partial charge is 0.481 e. The van der Waals surface area contributed by atoms with Gasteiger partial charge in [-0.3, -0.25) is 14.6 Å². The molecule has 0 radical (unpaired) electrons. The molecule has 5 nitrogen and oxygen atoms in total. The Morgan fingerprint density at radius 2 is 2.00 bits per heavy atom. The summed E-state index contributed by atoms with van der Waals surface area (Å²) in [6, 6.07) is 11.0. The fraction of sp³-hybridized carbons (Fsp3) is 0.176. The molecule has 3 aromatic rings. The van der Waals surface area contributed by atoms with Crippen LogP contribution in [-0.4, -0.2) is 21.0 Å². The summed E-state index contributed by atoms with van der Waals surface area (Å²) in [5, 5.41) is 9.97. The van der Waals surface area contributed by atoms with Crippen LogP contribution in [0.2, 0.25) is 0 Å². The molecule has 2 aromatic heterocycles. The second-order valence-corrected chi connectivity index (χ2v) is 6.25. The Kier molecular flexibility index (Phi) is 4.16. The van der Waals surface area contributed by atoms with Crippen LogP contribution in [0.25, 0.3) is 20.8 Å². The van der Waals surface area contributed by atoms with Gasteiger partial charge in [0.05, 0.1) is 11.1 Å². The van der Waals surface area contributed by atoms with Gasteiger partial charge in [0.15, 0.2) is 0 Å². The predicted molar refractivity (Wildman–Crippen MR) is 89.8 cm³/mol. The molecule has 23 heavy (non-hydrogen) atoms. The second kappa shape index (κ2) is 6.26. The zero-order valence-corrected chi connectivity index (χ0v) is 13.3. The van der Waals surface area contributed by atoms with Crippen LogP contribution >= 0.6 is 11.3 Å². The summed E-state index contributed by atoms with van der Waals surface area (Å²) in [6.07, 6.45) is 0.485. The molecule has 6 heteroatoms. The van der Waals surface area contributed by atoms with Crippen LogP contribution < -0.4 is 5.56 Å². The third-order valence-corrected chi connectivity index (χ3v) is 4.46. The van der Waals surface area contributed by atoms with E-state index >= 15 is 0 Å². The number of hydrogen-bond donors (Lipinski definition) is 1. The average Bonchev–Trinajstić information content (AvgIpc) is 2.52. The Labute approximate surface area is 136 Å². The minimum Gasteiger partial charge on any atom is -0.481 e. The fourth-order valence-electron chi connectivity index (χ4n) is 2.37. The first-order valence-electron chi connectivity index (χ1n) is 7.12. The quantitative estimate of drug-likeness (QED) is 0.797. The highest BCUT2D eigenvalue weighted by atomic mass is 32.1. The van der Waals surface area contributed by atoms with Crippen molar-refractivity contribution >= 4 is 27.4 Å². The number of hydrogen-bond acceptors (Lipinski definition) is 5. The van der Waals surface area contributed by atoms with E-state index in [0.717, 1.165) is 16.0 Å². The van der Waals surface area contributed by atoms with Crippen LogP contribution in [0.3, 0.4) is 0 Å². The van der Waals surface area contributed by atoms with Crippen molar-refractivity contribution in [2.75, 3.05) is 0 Å². The zero-order valence-electron chi connectivity index (χ0n) is 12.4. The number of aliphatic carboxylic acids is 1. The van der Waals surface area contributed by atoms with Gasteiger partial charge in [-0.2, -0.15) is 4.98 Å². The molecule has 1 aromatic carbocycles. The van der Waals surface area contributed by atoms with Gasteiger partial charge in [0.1, 0.15) is 5.01 Å². The van der Waals surface area contributed by atoms with Gasteiger partial charge in [0.25, 0.3) is 5.56 Å². The van der Waals surface area contributed by atoms with E-state index in [4.69, 9.17) is 5.11 Å². The summed E-state index contributed by atoms with van der Waals surface area (Å²) in [6.45, 7) is 1.84. The van der Waals surface area contributed by atoms with E-state index in [0.29, 0.717) is 22.5 Å². The second-order valence-electron chi connectivity index (χ2n) is 5.22. The van der Waals surface area contributed by atoms with Gasteiger partial charge in [0, 0.05) is 16.8 Å². The van der Waals surface area contributed by atoms with Gasteiger partial charge in [-0.1, -0.05) is 12.1 Å². The summed E-state index contributed by atoms with van der Waals surface area (Å²) in [7, 11) is 0. The Bertz CT molecular complexity index is 950. The first kappa shape index (κ1) is 15.3. The van der Waals surface area contributed by atoms with Crippen LogP contribution in [0.1, 0.15) is 17.7 Å². The van der Waals surface area contributed by atoms with Gasteiger partial charge in [0.2, 0.25) is 0 Å². The first-order valence-corrected chi connectivity index (χ1v) is 7.94. The highest BCUT2D eigenvalue weighted by Crippen LogP contribution is 2.25. The number of carboxylic acid groups (broad SMARTS) is 1. The molecular weight excluding hydrogens is 312 g/mol. The summed E-state index contributed by atoms with van der Waals surface area (Å²) < 4.78 is 0.859. The Balaban J connectivity index is 2.07. The number of aryl methyl sites for hydroxylation is 2. The molecular formula is C17H14N2O3S. The summed E-state index contributed by atoms with van der Waals surface area (Å²) in [5.74, 6) is -0.838. The molecule has 0 amide bonds. The molecule has 116 valence electrons. The van der Waals surface area contributed by atoms with Gasteiger partial charge < -0.3 is 5.11 Å². The minimum absolute atomic E-state index is 0.0598. The van der Waals surface area contributed by atoms with Crippen molar-refractivity contribution in [2.24, 2.45) is 0 Å². The lowest BCUT2D eigenvalue weighted by atomic mass is 10.1. The molecule has 0 atom stereocenters. The van der Waals surface area contributed by atoms with E-state index < -0.39 is 5.97 Å². The van der Waals surface area contributed by atoms with Crippen LogP contribution in [0, 0.1) is 6.92 Å². The van der Waals surface area contributed by atoms with E-state index in [1.165, 1.54) is 11.3 Å². The van der Waals surface area contributed by atoms with Gasteiger partial charge in [-0.05, 0) is 43.2 Å². The van der Waals surface area contributed by atoms with Gasteiger partial charge in [-0.25, -0.2) is 0 Å². The topological polar surface area (TPSA) is 80.1 Å². The van der Waals surface area contributed by atoms with Crippen molar-refractivity contribution in [2.45, 2.75) is 19.8 Å². The van der Waals surface area contributed by atoms with Crippen molar-refractivity contribution in [3.63, 3.8) is 0 Å². The normalized spacial score (nSPS) is 10.8. The first-order chi connectivity index (χ1) is 11.0. The van der Waals surface area contributed by atoms with Crippen molar-refractivity contribution < 1.29 is 9.90 Å². The number of nitrogens with zero attached hydrogens (tertiary/aromatic N) is 2. The van der Waals surface area contributed by atoms with Crippen molar-refractivity contribution in [1.29, 1.82) is 0 Å². The fourth-order valence-corrected chi connectivity index (χ4v) is 3.32. The smallest absolute Gasteiger partial charge is 0.303 e. The molecule has 0 aliphatic carbocycles. The summed E-state index contributed by atoms with van der Waals surface area (Å²) in [5.41, 5.74) is 1.99. The number of benzene rings is 1. The average molecular weight is 326 g/mol. The molecule has 0 fully saturated rings. The lowest BCUT2D eigenvalue weighted by Crippen LogP contribution is -2.06. The van der Waals surface area contributed by atoms with Crippen LogP contribution in [0.15, 0.2) is 41.2 Å². The zero-order chi connectivity index (χ0) is 16.4. The monoisotopic (exact) mass is 326 g/mol. The molecule has 0 spiro atoms. The molecule has 0 saturated heterocycles. The van der Waals surface area contributed by atoms with E-state index in [9.17, 15) is 9.59 Å². The minimum atomic E-state index is -0.838. The maximum atomic E-state index is 12.1. The highest BCUT2D eigenvalue weighted by Gasteiger charge is 2.10. The van der Waals surface area contributed by atoms with Crippen molar-refractivity contribution in [1.82, 2.24) is 9.97 Å². The molecule has 0 aliphatic heterocycles. The molecule has 1 N–H and O–H groups in total. The maximum absolute atomic E-state index is 12.1. The van der Waals surface area contributed by atoms with Gasteiger partial charge in [-0.15, -0.1) is 11.3 Å². The van der Waals surface area contributed by atoms with Crippen LogP contribution in [-0.2, 0) is 11.2 Å². The number of rotatable bonds is 4. The number of fused-ring (bicyclic) bond motifs is 1. The van der Waals surface area contributed by atoms with Crippen molar-refractivity contribution in [3.05, 3.63) is 58.0 Å². The van der Waals surface area contributed by atoms with E-state index in [-0.39, 0.29) is 12.0 Å². The number of aromatic nitrogens is 2. The Hall–Kier alpha value is -2.60. The summed E-state index contributed by atoms with van der Waals surface area (Å²) in [4.78, 5) is 31.5. The number of pyridine rings is 1. The third-order valence-electron chi connectivity index (χ3n) is 3.39. The molecule has 2 heterocycles. The van der Waals surface area contributed by atoms with Crippen molar-refractivity contribution in [3.8, 4) is 10.7 Å². The number of carboxylic acids is 1. The third kappa shape index (κ3) is 3.43. The molecule has 3 rings (SSSR count). The van der Waals surface area contributed by atoms with E-state index in [1.54, 1.807) is 6.07 Å². The van der Waals surface area contributed by atoms with Crippen LogP contribution in [0.4, 0.5) is 0 Å². The van der Waals surface area contributed by atoms with E-state index in [1.807, 2.05) is 37.3 Å². The molecule has 0 saturated carbocycles. The molecule has 0 unspecified atom stereocenters. The number of carbonyl (C=O) groups is 1. The molecule has 0 aliphatic rings. The Morgan fingerprint density at radius 1 is 1.22 bits per heavy atom. The molecule has 0 bridgehead atoms. The SMILES string of the molecule is Cc1cc(CCC(=O)O)cc(-c2nc(=O)c3ccccc3s2)n1. The summed E-state index contributed by atoms with van der Waals surface area (Å²) >= 11 is 1.41. The Morgan fingerprint density at radius 3 is 2.78 bits per heavy atom. The van der Waals surface area contributed by atoms with Gasteiger partial charge >= 0.3 is 5.97 Å². The maximum Gasteiger partial charge on any atom is 0.303 e.